The van der Waals surface area contributed by atoms with Crippen LogP contribution in [-0.2, 0) is 4.74 Å². The SMILES string of the molecule is COc1c2cc(OC[C@H]3OC3(C)C)c(O)cc2nc2occc12. The van der Waals surface area contributed by atoms with Crippen molar-refractivity contribution < 1.29 is 23.7 Å². The Hall–Kier alpha value is -2.47. The molecule has 1 aliphatic rings. The summed E-state index contributed by atoms with van der Waals surface area (Å²) in [7, 11) is 1.59. The van der Waals surface area contributed by atoms with Gasteiger partial charge in [-0.3, -0.25) is 0 Å². The summed E-state index contributed by atoms with van der Waals surface area (Å²) in [6.07, 6.45) is 1.59. The van der Waals surface area contributed by atoms with E-state index in [4.69, 9.17) is 18.6 Å². The van der Waals surface area contributed by atoms with Gasteiger partial charge >= 0.3 is 0 Å². The third kappa shape index (κ3) is 2.26. The molecular weight excluding hydrogens is 298 g/mol. The highest BCUT2D eigenvalue weighted by molar-refractivity contribution is 6.00. The number of hydrogen-bond acceptors (Lipinski definition) is 6. The minimum atomic E-state index is -0.158. The number of epoxide rings is 1. The summed E-state index contributed by atoms with van der Waals surface area (Å²) in [5.74, 6) is 1.05. The molecule has 120 valence electrons. The second-order valence-corrected chi connectivity index (χ2v) is 6.14. The molecule has 0 radical (unpaired) electrons. The molecule has 0 amide bonds. The third-order valence-electron chi connectivity index (χ3n) is 4.19. The van der Waals surface area contributed by atoms with E-state index in [1.165, 1.54) is 0 Å². The maximum absolute atomic E-state index is 10.2. The first kappa shape index (κ1) is 14.1. The molecule has 3 heterocycles. The molecule has 0 spiro atoms. The molecule has 1 aliphatic heterocycles. The van der Waals surface area contributed by atoms with Gasteiger partial charge in [-0.1, -0.05) is 0 Å². The first-order valence-corrected chi connectivity index (χ1v) is 7.38. The maximum Gasteiger partial charge on any atom is 0.230 e. The Balaban J connectivity index is 1.77. The van der Waals surface area contributed by atoms with Gasteiger partial charge in [-0.25, -0.2) is 4.98 Å². The fraction of sp³-hybridized carbons (Fsp3) is 0.353. The number of ether oxygens (including phenoxy) is 3. The van der Waals surface area contributed by atoms with Gasteiger partial charge in [0.25, 0.3) is 0 Å². The van der Waals surface area contributed by atoms with Crippen LogP contribution in [0, 0.1) is 0 Å². The first-order valence-electron chi connectivity index (χ1n) is 7.38. The van der Waals surface area contributed by atoms with E-state index in [0.29, 0.717) is 29.3 Å². The highest BCUT2D eigenvalue weighted by Gasteiger charge is 2.48. The Morgan fingerprint density at radius 2 is 2.09 bits per heavy atom. The number of aromatic nitrogens is 1. The molecule has 23 heavy (non-hydrogen) atoms. The Morgan fingerprint density at radius 3 is 2.78 bits per heavy atom. The minimum absolute atomic E-state index is 0.0245. The Morgan fingerprint density at radius 1 is 1.30 bits per heavy atom. The van der Waals surface area contributed by atoms with Crippen molar-refractivity contribution in [2.75, 3.05) is 13.7 Å². The highest BCUT2D eigenvalue weighted by atomic mass is 16.6. The van der Waals surface area contributed by atoms with Crippen LogP contribution in [-0.4, -0.2) is 35.5 Å². The number of methoxy groups -OCH3 is 1. The van der Waals surface area contributed by atoms with E-state index in [1.54, 1.807) is 31.6 Å². The number of phenols is 1. The molecule has 0 bridgehead atoms. The van der Waals surface area contributed by atoms with Crippen molar-refractivity contribution in [3.8, 4) is 17.2 Å². The Bertz CT molecular complexity index is 899. The third-order valence-corrected chi connectivity index (χ3v) is 4.19. The Labute approximate surface area is 132 Å². The average Bonchev–Trinajstić information content (AvgIpc) is 2.91. The molecule has 1 fully saturated rings. The van der Waals surface area contributed by atoms with E-state index in [-0.39, 0.29) is 17.5 Å². The number of fused-ring (bicyclic) bond motifs is 2. The molecule has 1 saturated heterocycles. The van der Waals surface area contributed by atoms with Gasteiger partial charge in [-0.05, 0) is 26.0 Å². The second kappa shape index (κ2) is 4.76. The van der Waals surface area contributed by atoms with E-state index < -0.39 is 0 Å². The number of furan rings is 1. The van der Waals surface area contributed by atoms with Gasteiger partial charge in [0.1, 0.15) is 18.5 Å². The van der Waals surface area contributed by atoms with Crippen LogP contribution < -0.4 is 9.47 Å². The highest BCUT2D eigenvalue weighted by Crippen LogP contribution is 2.40. The van der Waals surface area contributed by atoms with E-state index in [1.807, 2.05) is 13.8 Å². The number of nitrogens with zero attached hydrogens (tertiary/aromatic N) is 1. The molecular formula is C17H17NO5. The van der Waals surface area contributed by atoms with Crippen molar-refractivity contribution in [2.24, 2.45) is 0 Å². The van der Waals surface area contributed by atoms with Gasteiger partial charge in [0.05, 0.1) is 29.9 Å². The predicted molar refractivity (Wildman–Crippen MR) is 84.2 cm³/mol. The predicted octanol–water partition coefficient (Wildman–Crippen LogP) is 3.25. The quantitative estimate of drug-likeness (QED) is 0.745. The van der Waals surface area contributed by atoms with Crippen molar-refractivity contribution in [2.45, 2.75) is 25.6 Å². The zero-order valence-electron chi connectivity index (χ0n) is 13.1. The zero-order valence-corrected chi connectivity index (χ0v) is 13.1. The van der Waals surface area contributed by atoms with Gasteiger partial charge in [-0.15, -0.1) is 0 Å². The summed E-state index contributed by atoms with van der Waals surface area (Å²) in [6, 6.07) is 5.08. The summed E-state index contributed by atoms with van der Waals surface area (Å²) < 4.78 is 22.0. The first-order chi connectivity index (χ1) is 11.0. The zero-order chi connectivity index (χ0) is 16.2. The van der Waals surface area contributed by atoms with Crippen LogP contribution in [0.2, 0.25) is 0 Å². The van der Waals surface area contributed by atoms with Crippen LogP contribution in [0.3, 0.4) is 0 Å². The molecule has 6 nitrogen and oxygen atoms in total. The van der Waals surface area contributed by atoms with E-state index >= 15 is 0 Å². The van der Waals surface area contributed by atoms with Crippen molar-refractivity contribution in [3.05, 3.63) is 24.5 Å². The molecule has 4 rings (SSSR count). The minimum Gasteiger partial charge on any atom is -0.504 e. The molecule has 0 unspecified atom stereocenters. The Kier molecular flexibility index (Phi) is 2.93. The van der Waals surface area contributed by atoms with Crippen molar-refractivity contribution >= 4 is 22.0 Å². The summed E-state index contributed by atoms with van der Waals surface area (Å²) in [4.78, 5) is 4.39. The van der Waals surface area contributed by atoms with E-state index in [9.17, 15) is 5.11 Å². The van der Waals surface area contributed by atoms with Gasteiger partial charge in [0, 0.05) is 11.5 Å². The van der Waals surface area contributed by atoms with Crippen molar-refractivity contribution in [1.29, 1.82) is 0 Å². The van der Waals surface area contributed by atoms with Crippen LogP contribution in [0.15, 0.2) is 28.9 Å². The number of hydrogen-bond donors (Lipinski definition) is 1. The molecule has 0 saturated carbocycles. The van der Waals surface area contributed by atoms with Gasteiger partial charge in [-0.2, -0.15) is 0 Å². The number of phenolic OH excluding ortho intramolecular Hbond substituents is 1. The van der Waals surface area contributed by atoms with Crippen LogP contribution in [0.25, 0.3) is 22.0 Å². The average molecular weight is 315 g/mol. The standard InChI is InChI=1S/C17H17NO5/c1-17(2)14(23-17)8-22-13-6-10-11(7-12(13)19)18-16-9(4-5-21-16)15(10)20-3/h4-7,14,19H,8H2,1-3H3/t14-/m1/s1. The van der Waals surface area contributed by atoms with Crippen molar-refractivity contribution in [3.63, 3.8) is 0 Å². The molecule has 1 aromatic carbocycles. The lowest BCUT2D eigenvalue weighted by molar-refractivity contribution is 0.247. The van der Waals surface area contributed by atoms with Crippen molar-refractivity contribution in [1.82, 2.24) is 4.98 Å². The number of aromatic hydroxyl groups is 1. The molecule has 2 aromatic heterocycles. The molecule has 3 aromatic rings. The van der Waals surface area contributed by atoms with E-state index in [0.717, 1.165) is 10.8 Å². The van der Waals surface area contributed by atoms with Gasteiger partial charge < -0.3 is 23.7 Å². The van der Waals surface area contributed by atoms with Crippen LogP contribution in [0.5, 0.6) is 17.2 Å². The topological polar surface area (TPSA) is 77.2 Å². The summed E-state index contributed by atoms with van der Waals surface area (Å²) in [6.45, 7) is 4.39. The largest absolute Gasteiger partial charge is 0.504 e. The molecule has 1 atom stereocenters. The number of benzene rings is 1. The number of rotatable bonds is 4. The van der Waals surface area contributed by atoms with Crippen LogP contribution in [0.4, 0.5) is 0 Å². The molecule has 0 aliphatic carbocycles. The summed E-state index contributed by atoms with van der Waals surface area (Å²) in [5, 5.41) is 11.7. The van der Waals surface area contributed by atoms with E-state index in [2.05, 4.69) is 4.98 Å². The second-order valence-electron chi connectivity index (χ2n) is 6.14. The fourth-order valence-corrected chi connectivity index (χ4v) is 2.72. The lowest BCUT2D eigenvalue weighted by Gasteiger charge is -2.11. The normalized spacial score (nSPS) is 19.2. The summed E-state index contributed by atoms with van der Waals surface area (Å²) >= 11 is 0. The lowest BCUT2D eigenvalue weighted by atomic mass is 10.1. The van der Waals surface area contributed by atoms with Crippen LogP contribution >= 0.6 is 0 Å². The monoisotopic (exact) mass is 315 g/mol. The maximum atomic E-state index is 10.2. The smallest absolute Gasteiger partial charge is 0.230 e. The molecule has 6 heteroatoms. The summed E-state index contributed by atoms with van der Waals surface area (Å²) in [5.41, 5.74) is 0.891. The molecule has 1 N–H and O–H groups in total. The lowest BCUT2D eigenvalue weighted by Crippen LogP contribution is -2.12. The van der Waals surface area contributed by atoms with Gasteiger partial charge in [0.15, 0.2) is 11.5 Å². The number of pyridine rings is 1. The van der Waals surface area contributed by atoms with Crippen LogP contribution in [0.1, 0.15) is 13.8 Å². The van der Waals surface area contributed by atoms with Gasteiger partial charge in [0.2, 0.25) is 5.71 Å². The fourth-order valence-electron chi connectivity index (χ4n) is 2.72.